The van der Waals surface area contributed by atoms with Gasteiger partial charge in [0.05, 0.1) is 13.2 Å². The van der Waals surface area contributed by atoms with E-state index in [1.807, 2.05) is 0 Å². The Balaban J connectivity index is 2.99. The van der Waals surface area contributed by atoms with E-state index in [0.717, 1.165) is 12.8 Å². The Morgan fingerprint density at radius 2 is 1.62 bits per heavy atom. The molecule has 0 radical (unpaired) electrons. The van der Waals surface area contributed by atoms with Crippen molar-refractivity contribution >= 4 is 11.9 Å². The molecule has 1 rings (SSSR count). The van der Waals surface area contributed by atoms with Crippen LogP contribution in [0.15, 0.2) is 12.7 Å². The standard InChI is InChI=1S/C17H28O4/c1-4-12-17(15(18)20-5-2,16(19)21-6-3)13-14-10-8-7-9-11-14/h4,14H,1,5-13H2,2-3H3. The molecule has 1 fully saturated rings. The van der Waals surface area contributed by atoms with Crippen molar-refractivity contribution < 1.29 is 19.1 Å². The third-order valence-electron chi connectivity index (χ3n) is 4.19. The average molecular weight is 296 g/mol. The summed E-state index contributed by atoms with van der Waals surface area (Å²) in [6, 6.07) is 0. The van der Waals surface area contributed by atoms with Crippen LogP contribution in [0.5, 0.6) is 0 Å². The highest BCUT2D eigenvalue weighted by atomic mass is 16.6. The van der Waals surface area contributed by atoms with Gasteiger partial charge in [0.2, 0.25) is 0 Å². The molecule has 0 amide bonds. The van der Waals surface area contributed by atoms with Gasteiger partial charge < -0.3 is 9.47 Å². The summed E-state index contributed by atoms with van der Waals surface area (Å²) in [5, 5.41) is 0. The summed E-state index contributed by atoms with van der Waals surface area (Å²) < 4.78 is 10.4. The number of hydrogen-bond donors (Lipinski definition) is 0. The smallest absolute Gasteiger partial charge is 0.323 e. The molecule has 21 heavy (non-hydrogen) atoms. The first-order valence-corrected chi connectivity index (χ1v) is 8.06. The van der Waals surface area contributed by atoms with Crippen LogP contribution in [-0.2, 0) is 19.1 Å². The molecule has 4 nitrogen and oxygen atoms in total. The normalized spacial score (nSPS) is 16.3. The van der Waals surface area contributed by atoms with Crippen molar-refractivity contribution in [2.45, 2.75) is 58.8 Å². The molecule has 0 aromatic carbocycles. The summed E-state index contributed by atoms with van der Waals surface area (Å²) in [6.45, 7) is 7.74. The lowest BCUT2D eigenvalue weighted by Crippen LogP contribution is -2.43. The molecule has 4 heteroatoms. The van der Waals surface area contributed by atoms with Crippen molar-refractivity contribution in [2.24, 2.45) is 11.3 Å². The molecule has 1 saturated carbocycles. The lowest BCUT2D eigenvalue weighted by molar-refractivity contribution is -0.173. The molecule has 0 heterocycles. The Hall–Kier alpha value is -1.32. The minimum Gasteiger partial charge on any atom is -0.465 e. The molecular weight excluding hydrogens is 268 g/mol. The SMILES string of the molecule is C=CCC(CC1CCCCC1)(C(=O)OCC)C(=O)OCC. The van der Waals surface area contributed by atoms with Crippen LogP contribution in [-0.4, -0.2) is 25.2 Å². The Morgan fingerprint density at radius 1 is 1.10 bits per heavy atom. The van der Waals surface area contributed by atoms with Crippen LogP contribution >= 0.6 is 0 Å². The minimum absolute atomic E-state index is 0.266. The van der Waals surface area contributed by atoms with Gasteiger partial charge in [0, 0.05) is 0 Å². The van der Waals surface area contributed by atoms with Gasteiger partial charge in [-0.1, -0.05) is 38.2 Å². The fourth-order valence-electron chi connectivity index (χ4n) is 3.17. The molecule has 0 atom stereocenters. The number of rotatable bonds is 8. The molecule has 1 aliphatic carbocycles. The highest BCUT2D eigenvalue weighted by Crippen LogP contribution is 2.39. The number of ether oxygens (including phenoxy) is 2. The summed E-state index contributed by atoms with van der Waals surface area (Å²) in [4.78, 5) is 24.9. The van der Waals surface area contributed by atoms with Gasteiger partial charge in [0.1, 0.15) is 0 Å². The lowest BCUT2D eigenvalue weighted by Gasteiger charge is -2.33. The number of allylic oxidation sites excluding steroid dienone is 1. The molecule has 0 unspecified atom stereocenters. The topological polar surface area (TPSA) is 52.6 Å². The Bertz CT molecular complexity index is 338. The summed E-state index contributed by atoms with van der Waals surface area (Å²) in [7, 11) is 0. The maximum atomic E-state index is 12.5. The molecule has 0 aliphatic heterocycles. The first-order chi connectivity index (χ1) is 10.1. The molecule has 0 aromatic rings. The minimum atomic E-state index is -1.21. The Morgan fingerprint density at radius 3 is 2.05 bits per heavy atom. The van der Waals surface area contributed by atoms with E-state index >= 15 is 0 Å². The van der Waals surface area contributed by atoms with E-state index < -0.39 is 17.4 Å². The second kappa shape index (κ2) is 8.85. The molecule has 1 aliphatic rings. The van der Waals surface area contributed by atoms with Crippen LogP contribution in [0.1, 0.15) is 58.8 Å². The van der Waals surface area contributed by atoms with Crippen molar-refractivity contribution in [2.75, 3.05) is 13.2 Å². The first kappa shape index (κ1) is 17.7. The van der Waals surface area contributed by atoms with E-state index in [1.54, 1.807) is 19.9 Å². The van der Waals surface area contributed by atoms with E-state index in [-0.39, 0.29) is 19.6 Å². The van der Waals surface area contributed by atoms with E-state index in [9.17, 15) is 9.59 Å². The van der Waals surface area contributed by atoms with E-state index in [4.69, 9.17) is 9.47 Å². The van der Waals surface area contributed by atoms with Gasteiger partial charge in [-0.05, 0) is 32.6 Å². The number of carbonyl (C=O) groups excluding carboxylic acids is 2. The maximum absolute atomic E-state index is 12.5. The average Bonchev–Trinajstić information content (AvgIpc) is 2.48. The molecule has 0 N–H and O–H groups in total. The monoisotopic (exact) mass is 296 g/mol. The molecule has 0 saturated heterocycles. The summed E-state index contributed by atoms with van der Waals surface area (Å²) >= 11 is 0. The van der Waals surface area contributed by atoms with Gasteiger partial charge in [0.15, 0.2) is 5.41 Å². The third-order valence-corrected chi connectivity index (χ3v) is 4.19. The summed E-state index contributed by atoms with van der Waals surface area (Å²) in [5.74, 6) is -0.546. The van der Waals surface area contributed by atoms with E-state index in [0.29, 0.717) is 12.3 Å². The van der Waals surface area contributed by atoms with Crippen molar-refractivity contribution in [3.05, 3.63) is 12.7 Å². The van der Waals surface area contributed by atoms with Crippen LogP contribution in [0.3, 0.4) is 0 Å². The van der Waals surface area contributed by atoms with Crippen molar-refractivity contribution in [3.8, 4) is 0 Å². The molecule has 0 bridgehead atoms. The zero-order valence-electron chi connectivity index (χ0n) is 13.4. The quantitative estimate of drug-likeness (QED) is 0.390. The summed E-state index contributed by atoms with van der Waals surface area (Å²) in [6.07, 6.45) is 8.12. The highest BCUT2D eigenvalue weighted by Gasteiger charge is 2.49. The Kier molecular flexibility index (Phi) is 7.48. The van der Waals surface area contributed by atoms with Gasteiger partial charge in [-0.25, -0.2) is 0 Å². The van der Waals surface area contributed by atoms with Gasteiger partial charge in [-0.2, -0.15) is 0 Å². The predicted octanol–water partition coefficient (Wildman–Crippen LogP) is 3.65. The second-order valence-electron chi connectivity index (χ2n) is 5.72. The largest absolute Gasteiger partial charge is 0.465 e. The van der Waals surface area contributed by atoms with Crippen LogP contribution < -0.4 is 0 Å². The number of hydrogen-bond acceptors (Lipinski definition) is 4. The van der Waals surface area contributed by atoms with Gasteiger partial charge >= 0.3 is 11.9 Å². The van der Waals surface area contributed by atoms with Gasteiger partial charge in [0.25, 0.3) is 0 Å². The zero-order valence-corrected chi connectivity index (χ0v) is 13.4. The predicted molar refractivity (Wildman–Crippen MR) is 81.7 cm³/mol. The molecule has 120 valence electrons. The van der Waals surface area contributed by atoms with Crippen LogP contribution in [0, 0.1) is 11.3 Å². The molecule has 0 spiro atoms. The van der Waals surface area contributed by atoms with Gasteiger partial charge in [-0.15, -0.1) is 6.58 Å². The second-order valence-corrected chi connectivity index (χ2v) is 5.72. The number of esters is 2. The Labute approximate surface area is 127 Å². The lowest BCUT2D eigenvalue weighted by atomic mass is 9.72. The fourth-order valence-corrected chi connectivity index (χ4v) is 3.17. The van der Waals surface area contributed by atoms with Crippen molar-refractivity contribution in [1.29, 1.82) is 0 Å². The van der Waals surface area contributed by atoms with Crippen LogP contribution in [0.2, 0.25) is 0 Å². The number of carbonyl (C=O) groups is 2. The molecule has 0 aromatic heterocycles. The highest BCUT2D eigenvalue weighted by molar-refractivity contribution is 6.00. The van der Waals surface area contributed by atoms with Crippen LogP contribution in [0.25, 0.3) is 0 Å². The fraction of sp³-hybridized carbons (Fsp3) is 0.765. The van der Waals surface area contributed by atoms with Crippen LogP contribution in [0.4, 0.5) is 0 Å². The van der Waals surface area contributed by atoms with E-state index in [2.05, 4.69) is 6.58 Å². The van der Waals surface area contributed by atoms with Gasteiger partial charge in [-0.3, -0.25) is 9.59 Å². The zero-order chi connectivity index (χ0) is 15.7. The maximum Gasteiger partial charge on any atom is 0.323 e. The van der Waals surface area contributed by atoms with E-state index in [1.165, 1.54) is 19.3 Å². The van der Waals surface area contributed by atoms with Crippen molar-refractivity contribution in [1.82, 2.24) is 0 Å². The first-order valence-electron chi connectivity index (χ1n) is 8.06. The van der Waals surface area contributed by atoms with Crippen molar-refractivity contribution in [3.63, 3.8) is 0 Å². The summed E-state index contributed by atoms with van der Waals surface area (Å²) in [5.41, 5.74) is -1.21. The molecular formula is C17H28O4. The third kappa shape index (κ3) is 4.58.